The van der Waals surface area contributed by atoms with Crippen LogP contribution in [-0.2, 0) is 20.8 Å². The molecule has 2 aliphatic heterocycles. The summed E-state index contributed by atoms with van der Waals surface area (Å²) in [7, 11) is 0. The molecule has 2 saturated heterocycles. The minimum Gasteiger partial charge on any atom is -0.381 e. The normalized spacial score (nSPS) is 25.1. The van der Waals surface area contributed by atoms with Gasteiger partial charge in [-0.3, -0.25) is 4.79 Å². The summed E-state index contributed by atoms with van der Waals surface area (Å²) >= 11 is 0. The maximum Gasteiger partial charge on any atom is 0.251 e. The summed E-state index contributed by atoms with van der Waals surface area (Å²) < 4.78 is 17.8. The Labute approximate surface area is 168 Å². The fourth-order valence-electron chi connectivity index (χ4n) is 4.82. The van der Waals surface area contributed by atoms with Gasteiger partial charge in [-0.2, -0.15) is 0 Å². The van der Waals surface area contributed by atoms with Gasteiger partial charge in [0, 0.05) is 25.3 Å². The van der Waals surface area contributed by atoms with Crippen molar-refractivity contribution in [2.75, 3.05) is 19.8 Å². The molecule has 1 aromatic carbocycles. The molecule has 1 saturated carbocycles. The maximum absolute atomic E-state index is 12.8. The van der Waals surface area contributed by atoms with Gasteiger partial charge in [0.05, 0.1) is 24.4 Å². The molecule has 1 amide bonds. The Bertz CT molecular complexity index is 650. The first-order valence-corrected chi connectivity index (χ1v) is 11.0. The van der Waals surface area contributed by atoms with E-state index in [2.05, 4.69) is 5.32 Å². The summed E-state index contributed by atoms with van der Waals surface area (Å²) in [4.78, 5) is 12.8. The van der Waals surface area contributed by atoms with Crippen molar-refractivity contribution in [2.45, 2.75) is 82.2 Å². The highest BCUT2D eigenvalue weighted by molar-refractivity contribution is 5.95. The molecule has 2 heterocycles. The first-order valence-electron chi connectivity index (χ1n) is 11.0. The summed E-state index contributed by atoms with van der Waals surface area (Å²) in [5.74, 6) is -0.0284. The van der Waals surface area contributed by atoms with Crippen molar-refractivity contribution in [2.24, 2.45) is 0 Å². The molecule has 3 fully saturated rings. The highest BCUT2D eigenvalue weighted by Gasteiger charge is 2.40. The zero-order valence-corrected chi connectivity index (χ0v) is 16.8. The van der Waals surface area contributed by atoms with Crippen LogP contribution in [0.25, 0.3) is 0 Å². The highest BCUT2D eigenvalue weighted by Crippen LogP contribution is 2.41. The molecule has 28 heavy (non-hydrogen) atoms. The summed E-state index contributed by atoms with van der Waals surface area (Å²) in [5, 5.41) is 3.10. The predicted molar refractivity (Wildman–Crippen MR) is 107 cm³/mol. The fraction of sp³-hybridized carbons (Fsp3) is 0.696. The number of hydrogen-bond donors (Lipinski definition) is 1. The molecule has 1 atom stereocenters. The number of benzene rings is 1. The van der Waals surface area contributed by atoms with E-state index in [1.807, 2.05) is 24.3 Å². The average Bonchev–Trinajstić information content (AvgIpc) is 3.14. The second-order valence-corrected chi connectivity index (χ2v) is 8.51. The lowest BCUT2D eigenvalue weighted by Crippen LogP contribution is -2.36. The van der Waals surface area contributed by atoms with Crippen molar-refractivity contribution in [1.82, 2.24) is 5.32 Å². The lowest BCUT2D eigenvalue weighted by Gasteiger charge is -2.33. The Hall–Kier alpha value is -1.43. The van der Waals surface area contributed by atoms with Gasteiger partial charge in [-0.05, 0) is 50.2 Å². The Kier molecular flexibility index (Phi) is 6.65. The third-order valence-electron chi connectivity index (χ3n) is 6.50. The smallest absolute Gasteiger partial charge is 0.251 e. The van der Waals surface area contributed by atoms with Crippen LogP contribution >= 0.6 is 0 Å². The zero-order chi connectivity index (χ0) is 19.2. The summed E-state index contributed by atoms with van der Waals surface area (Å²) in [6, 6.07) is 7.75. The lowest BCUT2D eigenvalue weighted by molar-refractivity contribution is -0.0618. The Balaban J connectivity index is 1.28. The molecular formula is C23H33NO4. The number of hydrogen-bond acceptors (Lipinski definition) is 4. The number of carbonyl (C=O) groups is 1. The number of amides is 1. The predicted octanol–water partition coefficient (Wildman–Crippen LogP) is 3.99. The number of rotatable bonds is 6. The van der Waals surface area contributed by atoms with Crippen LogP contribution in [0.2, 0.25) is 0 Å². The molecule has 0 bridgehead atoms. The van der Waals surface area contributed by atoms with Gasteiger partial charge in [-0.1, -0.05) is 37.5 Å². The third-order valence-corrected chi connectivity index (χ3v) is 6.50. The zero-order valence-electron chi connectivity index (χ0n) is 16.8. The summed E-state index contributed by atoms with van der Waals surface area (Å²) in [5.41, 5.74) is 1.76. The molecule has 1 aliphatic carbocycles. The minimum atomic E-state index is -0.0284. The quantitative estimate of drug-likeness (QED) is 0.802. The number of ether oxygens (including phenoxy) is 3. The molecule has 154 valence electrons. The van der Waals surface area contributed by atoms with E-state index in [9.17, 15) is 4.79 Å². The second-order valence-electron chi connectivity index (χ2n) is 8.51. The second kappa shape index (κ2) is 9.38. The molecule has 0 aromatic heterocycles. The van der Waals surface area contributed by atoms with Crippen LogP contribution in [0.4, 0.5) is 0 Å². The van der Waals surface area contributed by atoms with Gasteiger partial charge in [0.15, 0.2) is 0 Å². The van der Waals surface area contributed by atoms with Crippen molar-refractivity contribution in [3.8, 4) is 0 Å². The topological polar surface area (TPSA) is 56.8 Å². The van der Waals surface area contributed by atoms with Crippen molar-refractivity contribution < 1.29 is 19.0 Å². The van der Waals surface area contributed by atoms with Gasteiger partial charge in [0.25, 0.3) is 5.91 Å². The van der Waals surface area contributed by atoms with Gasteiger partial charge in [0.1, 0.15) is 0 Å². The van der Waals surface area contributed by atoms with Crippen LogP contribution in [0, 0.1) is 0 Å². The maximum atomic E-state index is 12.8. The van der Waals surface area contributed by atoms with Crippen LogP contribution in [-0.4, -0.2) is 43.5 Å². The van der Waals surface area contributed by atoms with Crippen LogP contribution in [0.15, 0.2) is 24.3 Å². The SMILES string of the molecule is O=C(NCC1CCC2(CCCCC2)O1)c1ccccc1COC1CCOCC1. The molecule has 1 spiro atoms. The molecule has 1 aromatic rings. The van der Waals surface area contributed by atoms with Gasteiger partial charge in [0.2, 0.25) is 0 Å². The van der Waals surface area contributed by atoms with Crippen LogP contribution in [0.1, 0.15) is 73.7 Å². The molecule has 4 rings (SSSR count). The first kappa shape index (κ1) is 19.9. The van der Waals surface area contributed by atoms with Gasteiger partial charge >= 0.3 is 0 Å². The van der Waals surface area contributed by atoms with E-state index in [1.165, 1.54) is 32.1 Å². The monoisotopic (exact) mass is 387 g/mol. The Morgan fingerprint density at radius 3 is 2.68 bits per heavy atom. The lowest BCUT2D eigenvalue weighted by atomic mass is 9.83. The standard InChI is InChI=1S/C23H33NO4/c25-22(24-16-20-8-13-23(28-20)11-4-1-5-12-23)21-7-3-2-6-18(21)17-27-19-9-14-26-15-10-19/h2-3,6-7,19-20H,1,4-5,8-17H2,(H,24,25). The largest absolute Gasteiger partial charge is 0.381 e. The minimum absolute atomic E-state index is 0.0284. The van der Waals surface area contributed by atoms with Crippen LogP contribution in [0.5, 0.6) is 0 Å². The highest BCUT2D eigenvalue weighted by atomic mass is 16.5. The first-order chi connectivity index (χ1) is 13.7. The van der Waals surface area contributed by atoms with E-state index in [1.54, 1.807) is 0 Å². The van der Waals surface area contributed by atoms with Crippen molar-refractivity contribution >= 4 is 5.91 Å². The summed E-state index contributed by atoms with van der Waals surface area (Å²) in [6.45, 7) is 2.58. The van der Waals surface area contributed by atoms with E-state index in [0.717, 1.165) is 44.5 Å². The van der Waals surface area contributed by atoms with Crippen molar-refractivity contribution in [1.29, 1.82) is 0 Å². The van der Waals surface area contributed by atoms with E-state index in [4.69, 9.17) is 14.2 Å². The summed E-state index contributed by atoms with van der Waals surface area (Å²) in [6.07, 6.45) is 10.7. The molecule has 1 N–H and O–H groups in total. The molecular weight excluding hydrogens is 354 g/mol. The van der Waals surface area contributed by atoms with Crippen LogP contribution in [0.3, 0.4) is 0 Å². The molecule has 5 nitrogen and oxygen atoms in total. The number of nitrogens with one attached hydrogen (secondary N) is 1. The molecule has 3 aliphatic rings. The fourth-order valence-corrected chi connectivity index (χ4v) is 4.82. The van der Waals surface area contributed by atoms with E-state index >= 15 is 0 Å². The van der Waals surface area contributed by atoms with Crippen molar-refractivity contribution in [3.05, 3.63) is 35.4 Å². The van der Waals surface area contributed by atoms with E-state index in [-0.39, 0.29) is 23.7 Å². The van der Waals surface area contributed by atoms with Gasteiger partial charge in [-0.15, -0.1) is 0 Å². The van der Waals surface area contributed by atoms with Gasteiger partial charge < -0.3 is 19.5 Å². The molecule has 5 heteroatoms. The van der Waals surface area contributed by atoms with E-state index < -0.39 is 0 Å². The Morgan fingerprint density at radius 1 is 1.07 bits per heavy atom. The molecule has 1 unspecified atom stereocenters. The van der Waals surface area contributed by atoms with E-state index in [0.29, 0.717) is 18.7 Å². The third kappa shape index (κ3) is 4.94. The van der Waals surface area contributed by atoms with Crippen LogP contribution < -0.4 is 5.32 Å². The Morgan fingerprint density at radius 2 is 1.86 bits per heavy atom. The van der Waals surface area contributed by atoms with Crippen molar-refractivity contribution in [3.63, 3.8) is 0 Å². The van der Waals surface area contributed by atoms with Gasteiger partial charge in [-0.25, -0.2) is 0 Å². The number of carbonyl (C=O) groups excluding carboxylic acids is 1. The molecule has 0 radical (unpaired) electrons. The average molecular weight is 388 g/mol.